The van der Waals surface area contributed by atoms with Gasteiger partial charge in [-0.25, -0.2) is 9.79 Å². The molecule has 0 amide bonds. The Morgan fingerprint density at radius 3 is 2.46 bits per heavy atom. The molecule has 0 aromatic heterocycles. The predicted octanol–water partition coefficient (Wildman–Crippen LogP) is 1.20. The molecule has 0 bridgehead atoms. The van der Waals surface area contributed by atoms with Gasteiger partial charge in [-0.3, -0.25) is 0 Å². The zero-order chi connectivity index (χ0) is 9.10. The summed E-state index contributed by atoms with van der Waals surface area (Å²) < 4.78 is 0. The lowest BCUT2D eigenvalue weighted by Crippen LogP contribution is -2.36. The lowest BCUT2D eigenvalue weighted by atomic mass is 9.97. The number of rotatable bonds is 3. The normalized spacial score (nSPS) is 25.5. The van der Waals surface area contributed by atoms with Crippen LogP contribution in [0.15, 0.2) is 4.99 Å². The summed E-state index contributed by atoms with van der Waals surface area (Å²) in [6.45, 7) is 3.12. The summed E-state index contributed by atoms with van der Waals surface area (Å²) >= 11 is 0. The standard InChI is InChI=1S/C10H16N2O/c13-8-11-7-9-3-5-12(6-4-9)10-1-2-10/h9-10H,1-7H2. The van der Waals surface area contributed by atoms with Crippen LogP contribution in [0.4, 0.5) is 0 Å². The summed E-state index contributed by atoms with van der Waals surface area (Å²) in [7, 11) is 0. The van der Waals surface area contributed by atoms with E-state index in [-0.39, 0.29) is 0 Å². The molecule has 1 heterocycles. The smallest absolute Gasteiger partial charge is 0.234 e. The SMILES string of the molecule is O=C=NCC1CCN(C2CC2)CC1. The molecule has 13 heavy (non-hydrogen) atoms. The third-order valence-corrected chi connectivity index (χ3v) is 3.13. The van der Waals surface area contributed by atoms with Crippen molar-refractivity contribution >= 4 is 6.08 Å². The van der Waals surface area contributed by atoms with E-state index >= 15 is 0 Å². The van der Waals surface area contributed by atoms with Gasteiger partial charge in [0.2, 0.25) is 6.08 Å². The van der Waals surface area contributed by atoms with Crippen LogP contribution in [0.2, 0.25) is 0 Å². The molecule has 1 aliphatic carbocycles. The molecule has 0 unspecified atom stereocenters. The molecule has 1 saturated heterocycles. The highest BCUT2D eigenvalue weighted by atomic mass is 16.1. The third kappa shape index (κ3) is 2.39. The van der Waals surface area contributed by atoms with Gasteiger partial charge in [0.25, 0.3) is 0 Å². The number of aliphatic imine (C=N–C) groups is 1. The second-order valence-electron chi connectivity index (χ2n) is 4.14. The van der Waals surface area contributed by atoms with Crippen molar-refractivity contribution in [3.63, 3.8) is 0 Å². The van der Waals surface area contributed by atoms with Crippen LogP contribution >= 0.6 is 0 Å². The van der Waals surface area contributed by atoms with E-state index in [1.54, 1.807) is 6.08 Å². The van der Waals surface area contributed by atoms with Gasteiger partial charge in [-0.2, -0.15) is 0 Å². The Balaban J connectivity index is 1.71. The largest absolute Gasteiger partial charge is 0.300 e. The maximum Gasteiger partial charge on any atom is 0.234 e. The van der Waals surface area contributed by atoms with Gasteiger partial charge in [-0.05, 0) is 44.7 Å². The van der Waals surface area contributed by atoms with E-state index in [2.05, 4.69) is 9.89 Å². The first kappa shape index (κ1) is 8.92. The number of nitrogens with zero attached hydrogens (tertiary/aromatic N) is 2. The molecule has 2 rings (SSSR count). The molecule has 2 fully saturated rings. The summed E-state index contributed by atoms with van der Waals surface area (Å²) in [5, 5.41) is 0. The van der Waals surface area contributed by atoms with Crippen molar-refractivity contribution in [2.45, 2.75) is 31.7 Å². The fraction of sp³-hybridized carbons (Fsp3) is 0.900. The molecule has 1 saturated carbocycles. The number of carbonyl (C=O) groups excluding carboxylic acids is 1. The molecule has 0 radical (unpaired) electrons. The third-order valence-electron chi connectivity index (χ3n) is 3.13. The van der Waals surface area contributed by atoms with Gasteiger partial charge in [0.1, 0.15) is 0 Å². The van der Waals surface area contributed by atoms with Crippen molar-refractivity contribution in [3.05, 3.63) is 0 Å². The zero-order valence-electron chi connectivity index (χ0n) is 7.91. The molecule has 72 valence electrons. The first-order chi connectivity index (χ1) is 6.40. The van der Waals surface area contributed by atoms with Gasteiger partial charge in [-0.15, -0.1) is 0 Å². The highest BCUT2D eigenvalue weighted by molar-refractivity contribution is 5.32. The molecule has 0 spiro atoms. The number of isocyanates is 1. The van der Waals surface area contributed by atoms with E-state index < -0.39 is 0 Å². The summed E-state index contributed by atoms with van der Waals surface area (Å²) in [4.78, 5) is 16.2. The van der Waals surface area contributed by atoms with Gasteiger partial charge < -0.3 is 4.90 Å². The van der Waals surface area contributed by atoms with E-state index in [0.29, 0.717) is 12.5 Å². The molecule has 0 N–H and O–H groups in total. The fourth-order valence-electron chi connectivity index (χ4n) is 2.11. The van der Waals surface area contributed by atoms with Crippen LogP contribution in [-0.4, -0.2) is 36.7 Å². The molecular weight excluding hydrogens is 164 g/mol. The van der Waals surface area contributed by atoms with E-state index in [1.165, 1.54) is 38.8 Å². The van der Waals surface area contributed by atoms with Crippen molar-refractivity contribution in [2.75, 3.05) is 19.6 Å². The Morgan fingerprint density at radius 1 is 1.23 bits per heavy atom. The molecule has 3 heteroatoms. The predicted molar refractivity (Wildman–Crippen MR) is 50.3 cm³/mol. The van der Waals surface area contributed by atoms with Crippen molar-refractivity contribution in [3.8, 4) is 0 Å². The molecule has 3 nitrogen and oxygen atoms in total. The summed E-state index contributed by atoms with van der Waals surface area (Å²) in [6, 6.07) is 0.899. The second kappa shape index (κ2) is 4.03. The van der Waals surface area contributed by atoms with E-state index in [4.69, 9.17) is 0 Å². The minimum atomic E-state index is 0.636. The summed E-state index contributed by atoms with van der Waals surface area (Å²) in [5.74, 6) is 0.636. The maximum absolute atomic E-state index is 9.93. The van der Waals surface area contributed by atoms with Crippen LogP contribution in [0.1, 0.15) is 25.7 Å². The van der Waals surface area contributed by atoms with Crippen LogP contribution in [-0.2, 0) is 4.79 Å². The lowest BCUT2D eigenvalue weighted by molar-refractivity contribution is 0.179. The molecule has 0 atom stereocenters. The first-order valence-corrected chi connectivity index (χ1v) is 5.18. The average molecular weight is 180 g/mol. The van der Waals surface area contributed by atoms with Crippen molar-refractivity contribution in [2.24, 2.45) is 10.9 Å². The monoisotopic (exact) mass is 180 g/mol. The van der Waals surface area contributed by atoms with Crippen molar-refractivity contribution in [1.29, 1.82) is 0 Å². The maximum atomic E-state index is 9.93. The molecule has 0 aromatic carbocycles. The van der Waals surface area contributed by atoms with Crippen LogP contribution in [0.25, 0.3) is 0 Å². The molecule has 0 aromatic rings. The Kier molecular flexibility index (Phi) is 2.77. The summed E-state index contributed by atoms with van der Waals surface area (Å²) in [5.41, 5.74) is 0. The Hall–Kier alpha value is -0.660. The van der Waals surface area contributed by atoms with Crippen molar-refractivity contribution < 1.29 is 4.79 Å². The Bertz CT molecular complexity index is 211. The minimum Gasteiger partial charge on any atom is -0.300 e. The summed E-state index contributed by atoms with van der Waals surface area (Å²) in [6.07, 6.45) is 6.84. The average Bonchev–Trinajstić information content (AvgIpc) is 2.99. The van der Waals surface area contributed by atoms with Crippen LogP contribution < -0.4 is 0 Å². The highest BCUT2D eigenvalue weighted by Gasteiger charge is 2.31. The number of piperidine rings is 1. The molecular formula is C10H16N2O. The topological polar surface area (TPSA) is 32.7 Å². The van der Waals surface area contributed by atoms with Gasteiger partial charge in [0.05, 0.1) is 6.54 Å². The molecule has 2 aliphatic rings. The van der Waals surface area contributed by atoms with Crippen LogP contribution in [0, 0.1) is 5.92 Å². The number of hydrogen-bond acceptors (Lipinski definition) is 3. The van der Waals surface area contributed by atoms with Gasteiger partial charge >= 0.3 is 0 Å². The fourth-order valence-corrected chi connectivity index (χ4v) is 2.11. The minimum absolute atomic E-state index is 0.636. The number of hydrogen-bond donors (Lipinski definition) is 0. The first-order valence-electron chi connectivity index (χ1n) is 5.18. The zero-order valence-corrected chi connectivity index (χ0v) is 7.91. The lowest BCUT2D eigenvalue weighted by Gasteiger charge is -2.30. The van der Waals surface area contributed by atoms with Crippen LogP contribution in [0.5, 0.6) is 0 Å². The van der Waals surface area contributed by atoms with E-state index in [9.17, 15) is 4.79 Å². The van der Waals surface area contributed by atoms with Gasteiger partial charge in [0.15, 0.2) is 0 Å². The van der Waals surface area contributed by atoms with Crippen molar-refractivity contribution in [1.82, 2.24) is 4.90 Å². The number of likely N-dealkylation sites (tertiary alicyclic amines) is 1. The van der Waals surface area contributed by atoms with Gasteiger partial charge in [0, 0.05) is 6.04 Å². The quantitative estimate of drug-likeness (QED) is 0.483. The Morgan fingerprint density at radius 2 is 1.92 bits per heavy atom. The molecule has 1 aliphatic heterocycles. The van der Waals surface area contributed by atoms with E-state index in [0.717, 1.165) is 6.04 Å². The highest BCUT2D eigenvalue weighted by Crippen LogP contribution is 2.30. The van der Waals surface area contributed by atoms with Crippen LogP contribution in [0.3, 0.4) is 0 Å². The second-order valence-corrected chi connectivity index (χ2v) is 4.14. The van der Waals surface area contributed by atoms with Gasteiger partial charge in [-0.1, -0.05) is 0 Å². The Labute approximate surface area is 78.8 Å². The van der Waals surface area contributed by atoms with E-state index in [1.807, 2.05) is 0 Å².